The van der Waals surface area contributed by atoms with Gasteiger partial charge in [-0.05, 0) is 56.2 Å². The number of anilines is 1. The lowest BCUT2D eigenvalue weighted by atomic mass is 10.0. The molecular weight excluding hydrogens is 434 g/mol. The summed E-state index contributed by atoms with van der Waals surface area (Å²) < 4.78 is 13.0. The van der Waals surface area contributed by atoms with Crippen molar-refractivity contribution in [2.75, 3.05) is 24.8 Å². The van der Waals surface area contributed by atoms with Crippen LogP contribution in [-0.2, 0) is 4.79 Å². The molecule has 4 rings (SSSR count). The van der Waals surface area contributed by atoms with Gasteiger partial charge in [0.15, 0.2) is 11.5 Å². The Balaban J connectivity index is 1.86. The molecular formula is C23H24ClN3O3S. The van der Waals surface area contributed by atoms with Crippen LogP contribution in [0.2, 0.25) is 5.02 Å². The van der Waals surface area contributed by atoms with E-state index in [0.29, 0.717) is 34.7 Å². The first kappa shape index (κ1) is 21.6. The summed E-state index contributed by atoms with van der Waals surface area (Å²) in [6, 6.07) is 11.7. The normalized spacial score (nSPS) is 15.8. The fourth-order valence-electron chi connectivity index (χ4n) is 3.67. The Morgan fingerprint density at radius 3 is 2.74 bits per heavy atom. The van der Waals surface area contributed by atoms with E-state index in [1.54, 1.807) is 23.6 Å². The Morgan fingerprint density at radius 1 is 1.23 bits per heavy atom. The second kappa shape index (κ2) is 8.85. The molecule has 1 unspecified atom stereocenters. The molecule has 1 amide bonds. The third-order valence-electron chi connectivity index (χ3n) is 5.20. The molecule has 1 aliphatic rings. The van der Waals surface area contributed by atoms with Crippen molar-refractivity contribution in [1.82, 2.24) is 9.78 Å². The number of aromatic nitrogens is 2. The number of ether oxygens (including phenoxy) is 2. The van der Waals surface area contributed by atoms with E-state index in [4.69, 9.17) is 26.2 Å². The third-order valence-corrected chi connectivity index (χ3v) is 6.88. The lowest BCUT2D eigenvalue weighted by Gasteiger charge is -2.18. The number of halogens is 1. The maximum absolute atomic E-state index is 12.6. The van der Waals surface area contributed by atoms with Crippen LogP contribution >= 0.6 is 23.4 Å². The van der Waals surface area contributed by atoms with E-state index < -0.39 is 0 Å². The van der Waals surface area contributed by atoms with E-state index in [2.05, 4.69) is 5.32 Å². The minimum atomic E-state index is -0.0891. The number of benzene rings is 2. The van der Waals surface area contributed by atoms with Crippen LogP contribution in [0.15, 0.2) is 36.4 Å². The largest absolute Gasteiger partial charge is 0.493 e. The summed E-state index contributed by atoms with van der Waals surface area (Å²) >= 11 is 7.93. The van der Waals surface area contributed by atoms with Gasteiger partial charge in [-0.25, -0.2) is 4.68 Å². The summed E-state index contributed by atoms with van der Waals surface area (Å²) in [6.07, 6.45) is 0. The van der Waals surface area contributed by atoms with Crippen molar-refractivity contribution < 1.29 is 14.3 Å². The molecule has 0 aliphatic carbocycles. The molecule has 31 heavy (non-hydrogen) atoms. The van der Waals surface area contributed by atoms with Gasteiger partial charge in [0.25, 0.3) is 0 Å². The zero-order valence-corrected chi connectivity index (χ0v) is 19.4. The van der Waals surface area contributed by atoms with Crippen molar-refractivity contribution >= 4 is 35.1 Å². The molecule has 0 bridgehead atoms. The van der Waals surface area contributed by atoms with E-state index in [1.165, 1.54) is 0 Å². The van der Waals surface area contributed by atoms with E-state index in [1.807, 2.05) is 57.2 Å². The molecule has 3 aromatic rings. The van der Waals surface area contributed by atoms with Crippen molar-refractivity contribution in [3.05, 3.63) is 63.8 Å². The van der Waals surface area contributed by atoms with Crippen LogP contribution in [0.3, 0.4) is 0 Å². The number of fused-ring (bicyclic) bond motifs is 1. The highest BCUT2D eigenvalue weighted by Crippen LogP contribution is 2.45. The first-order valence-electron chi connectivity index (χ1n) is 10.0. The quantitative estimate of drug-likeness (QED) is 0.561. The van der Waals surface area contributed by atoms with Gasteiger partial charge in [0, 0.05) is 10.6 Å². The Bertz CT molecular complexity index is 1150. The zero-order valence-electron chi connectivity index (χ0n) is 17.9. The van der Waals surface area contributed by atoms with Crippen molar-refractivity contribution in [2.45, 2.75) is 26.0 Å². The molecule has 1 aliphatic heterocycles. The summed E-state index contributed by atoms with van der Waals surface area (Å²) in [5.41, 5.74) is 4.63. The molecule has 6 nitrogen and oxygen atoms in total. The number of methoxy groups -OCH3 is 1. The average molecular weight is 458 g/mol. The van der Waals surface area contributed by atoms with Crippen LogP contribution in [0.5, 0.6) is 11.5 Å². The molecule has 0 saturated carbocycles. The number of nitrogens with one attached hydrogen (secondary N) is 1. The van der Waals surface area contributed by atoms with Gasteiger partial charge in [-0.1, -0.05) is 23.7 Å². The second-order valence-electron chi connectivity index (χ2n) is 7.28. The number of thioether (sulfide) groups is 1. The minimum Gasteiger partial charge on any atom is -0.493 e. The molecule has 1 atom stereocenters. The Hall–Kier alpha value is -2.64. The molecule has 1 aromatic heterocycles. The Kier molecular flexibility index (Phi) is 6.16. The summed E-state index contributed by atoms with van der Waals surface area (Å²) in [5.74, 6) is 2.31. The summed E-state index contributed by atoms with van der Waals surface area (Å²) in [4.78, 5) is 12.6. The number of aryl methyl sites for hydroxylation is 2. The fourth-order valence-corrected chi connectivity index (χ4v) is 5.02. The van der Waals surface area contributed by atoms with Gasteiger partial charge >= 0.3 is 0 Å². The third kappa shape index (κ3) is 4.12. The molecule has 0 saturated heterocycles. The summed E-state index contributed by atoms with van der Waals surface area (Å²) in [6.45, 7) is 6.39. The average Bonchev–Trinajstić information content (AvgIpc) is 2.95. The van der Waals surface area contributed by atoms with Crippen LogP contribution in [0.25, 0.3) is 5.69 Å². The zero-order chi connectivity index (χ0) is 22.1. The van der Waals surface area contributed by atoms with Crippen LogP contribution in [0, 0.1) is 13.8 Å². The summed E-state index contributed by atoms with van der Waals surface area (Å²) in [5, 5.41) is 8.37. The van der Waals surface area contributed by atoms with Gasteiger partial charge in [0.05, 0.1) is 36.1 Å². The van der Waals surface area contributed by atoms with Gasteiger partial charge in [-0.3, -0.25) is 4.79 Å². The van der Waals surface area contributed by atoms with Crippen molar-refractivity contribution in [1.29, 1.82) is 0 Å². The second-order valence-corrected chi connectivity index (χ2v) is 8.78. The van der Waals surface area contributed by atoms with Gasteiger partial charge in [0.2, 0.25) is 5.91 Å². The molecule has 8 heteroatoms. The van der Waals surface area contributed by atoms with Crippen molar-refractivity contribution in [3.63, 3.8) is 0 Å². The number of amides is 1. The minimum absolute atomic E-state index is 0.0633. The highest BCUT2D eigenvalue weighted by Gasteiger charge is 2.31. The van der Waals surface area contributed by atoms with Crippen molar-refractivity contribution in [3.8, 4) is 17.2 Å². The first-order chi connectivity index (χ1) is 14.9. The predicted octanol–water partition coefficient (Wildman–Crippen LogP) is 5.32. The van der Waals surface area contributed by atoms with E-state index in [-0.39, 0.29) is 11.2 Å². The van der Waals surface area contributed by atoms with E-state index in [9.17, 15) is 4.79 Å². The summed E-state index contributed by atoms with van der Waals surface area (Å²) in [7, 11) is 1.62. The van der Waals surface area contributed by atoms with Crippen LogP contribution in [0.1, 0.15) is 34.6 Å². The van der Waals surface area contributed by atoms with Gasteiger partial charge in [0.1, 0.15) is 5.82 Å². The first-order valence-corrected chi connectivity index (χ1v) is 11.4. The number of rotatable bonds is 5. The molecule has 2 heterocycles. The number of hydrogen-bond donors (Lipinski definition) is 1. The maximum atomic E-state index is 12.6. The number of nitrogens with zero attached hydrogens (tertiary/aromatic N) is 2. The highest BCUT2D eigenvalue weighted by atomic mass is 35.5. The van der Waals surface area contributed by atoms with Crippen molar-refractivity contribution in [2.24, 2.45) is 0 Å². The standard InChI is InChI=1S/C23H24ClN3O3S/c1-5-30-19-10-15(7-9-18(19)29-4)22-21-14(3)26-27(23(21)25-20(28)12-31-22)16-8-6-13(2)17(24)11-16/h6-11,22H,5,12H2,1-4H3,(H,25,28). The van der Waals surface area contributed by atoms with E-state index >= 15 is 0 Å². The Morgan fingerprint density at radius 2 is 2.03 bits per heavy atom. The highest BCUT2D eigenvalue weighted by molar-refractivity contribution is 8.00. The molecule has 162 valence electrons. The topological polar surface area (TPSA) is 65.4 Å². The van der Waals surface area contributed by atoms with Gasteiger partial charge in [-0.2, -0.15) is 5.10 Å². The Labute approximate surface area is 190 Å². The SMILES string of the molecule is CCOc1cc(C2SCC(=O)Nc3c2c(C)nn3-c2ccc(C)c(Cl)c2)ccc1OC. The van der Waals surface area contributed by atoms with E-state index in [0.717, 1.165) is 28.1 Å². The monoisotopic (exact) mass is 457 g/mol. The lowest BCUT2D eigenvalue weighted by Crippen LogP contribution is -2.15. The molecule has 0 fully saturated rings. The smallest absolute Gasteiger partial charge is 0.235 e. The number of hydrogen-bond acceptors (Lipinski definition) is 5. The molecule has 0 spiro atoms. The van der Waals surface area contributed by atoms with Crippen LogP contribution in [0.4, 0.5) is 5.82 Å². The lowest BCUT2D eigenvalue weighted by molar-refractivity contribution is -0.113. The number of carbonyl (C=O) groups excluding carboxylic acids is 1. The molecule has 1 N–H and O–H groups in total. The van der Waals surface area contributed by atoms with Crippen LogP contribution < -0.4 is 14.8 Å². The predicted molar refractivity (Wildman–Crippen MR) is 125 cm³/mol. The maximum Gasteiger partial charge on any atom is 0.235 e. The number of carbonyl (C=O) groups is 1. The van der Waals surface area contributed by atoms with Gasteiger partial charge < -0.3 is 14.8 Å². The molecule has 0 radical (unpaired) electrons. The van der Waals surface area contributed by atoms with Crippen LogP contribution in [-0.4, -0.2) is 35.2 Å². The molecule has 2 aromatic carbocycles. The van der Waals surface area contributed by atoms with Gasteiger partial charge in [-0.15, -0.1) is 11.8 Å². The fraction of sp³-hybridized carbons (Fsp3) is 0.304.